The summed E-state index contributed by atoms with van der Waals surface area (Å²) in [5.41, 5.74) is 12.2. The lowest BCUT2D eigenvalue weighted by Crippen LogP contribution is -2.01. The predicted molar refractivity (Wildman–Crippen MR) is 248 cm³/mol. The van der Waals surface area contributed by atoms with Crippen LogP contribution in [0.3, 0.4) is 0 Å². The Kier molecular flexibility index (Phi) is 8.22. The van der Waals surface area contributed by atoms with Crippen LogP contribution in [0.15, 0.2) is 200 Å². The molecular weight excluding hydrogens is 701 g/mol. The highest BCUT2D eigenvalue weighted by atomic mass is 15.1. The van der Waals surface area contributed by atoms with Crippen molar-refractivity contribution in [2.24, 2.45) is 0 Å². The first-order valence-corrected chi connectivity index (χ1v) is 20.2. The Morgan fingerprint density at radius 1 is 0.534 bits per heavy atom. The van der Waals surface area contributed by atoms with Gasteiger partial charge in [-0.1, -0.05) is 158 Å². The van der Waals surface area contributed by atoms with Gasteiger partial charge in [0.15, 0.2) is 0 Å². The second-order valence-electron chi connectivity index (χ2n) is 15.5. The molecule has 0 saturated heterocycles. The van der Waals surface area contributed by atoms with E-state index in [2.05, 4.69) is 193 Å². The first-order valence-electron chi connectivity index (χ1n) is 20.2. The Bertz CT molecular complexity index is 3320. The van der Waals surface area contributed by atoms with E-state index in [9.17, 15) is 0 Å². The summed E-state index contributed by atoms with van der Waals surface area (Å²) in [6.45, 7) is 4.29. The molecule has 0 amide bonds. The fourth-order valence-corrected chi connectivity index (χ4v) is 9.36. The number of para-hydroxylation sites is 1. The Morgan fingerprint density at radius 3 is 1.76 bits per heavy atom. The van der Waals surface area contributed by atoms with Gasteiger partial charge in [0.2, 0.25) is 0 Å². The van der Waals surface area contributed by atoms with Gasteiger partial charge < -0.3 is 0 Å². The average Bonchev–Trinajstić information content (AvgIpc) is 3.60. The number of allylic oxidation sites excluding steroid dienone is 4. The molecule has 2 aromatic heterocycles. The SMILES string of the molecule is C=Cc1c(CC2=CC=CCC2)c2ccccc2n1-c1ccc(-c2ccc3c(-c4ccc5ccccc5c4)c4ccccc4c(-c4ccc5ccccc5c4)c3c2)cn1. The Hall–Kier alpha value is -7.29. The smallest absolute Gasteiger partial charge is 0.137 e. The summed E-state index contributed by atoms with van der Waals surface area (Å²) in [5.74, 6) is 0.890. The minimum atomic E-state index is 0.890. The van der Waals surface area contributed by atoms with Crippen LogP contribution in [0.4, 0.5) is 0 Å². The average molecular weight is 741 g/mol. The lowest BCUT2D eigenvalue weighted by molar-refractivity contribution is 0.908. The molecule has 2 heterocycles. The number of hydrogen-bond acceptors (Lipinski definition) is 1. The van der Waals surface area contributed by atoms with E-state index in [-0.39, 0.29) is 0 Å². The van der Waals surface area contributed by atoms with Crippen LogP contribution in [-0.4, -0.2) is 9.55 Å². The van der Waals surface area contributed by atoms with Crippen LogP contribution in [0, 0.1) is 0 Å². The molecule has 274 valence electrons. The summed E-state index contributed by atoms with van der Waals surface area (Å²) < 4.78 is 2.28. The van der Waals surface area contributed by atoms with Gasteiger partial charge in [-0.3, -0.25) is 4.57 Å². The van der Waals surface area contributed by atoms with Gasteiger partial charge in [-0.05, 0) is 138 Å². The number of hydrogen-bond donors (Lipinski definition) is 0. The molecule has 0 fully saturated rings. The summed E-state index contributed by atoms with van der Waals surface area (Å²) in [6, 6.07) is 60.0. The summed E-state index contributed by atoms with van der Waals surface area (Å²) in [6.07, 6.45) is 13.8. The molecule has 10 aromatic rings. The number of benzene rings is 8. The molecule has 58 heavy (non-hydrogen) atoms. The predicted octanol–water partition coefficient (Wildman–Crippen LogP) is 15.1. The monoisotopic (exact) mass is 740 g/mol. The summed E-state index contributed by atoms with van der Waals surface area (Å²) >= 11 is 0. The quantitative estimate of drug-likeness (QED) is 0.149. The molecule has 2 nitrogen and oxygen atoms in total. The van der Waals surface area contributed by atoms with Gasteiger partial charge in [0.05, 0.1) is 11.2 Å². The maximum atomic E-state index is 5.17. The standard InChI is InChI=1S/C56H40N2/c1-2-52-50(32-37-14-4-3-5-15-37)46-20-12-13-23-53(46)58(52)54-31-29-45(36-57-54)42-28-30-49-51(35-42)56(44-27-25-39-17-7-9-19-41(39)34-44)48-22-11-10-21-47(48)55(49)43-26-24-38-16-6-8-18-40(38)33-43/h2-4,6-14,16-31,33-36H,1,5,15,32H2. The highest BCUT2D eigenvalue weighted by Gasteiger charge is 2.20. The molecule has 0 unspecified atom stereocenters. The van der Waals surface area contributed by atoms with Gasteiger partial charge in [-0.25, -0.2) is 4.98 Å². The summed E-state index contributed by atoms with van der Waals surface area (Å²) in [4.78, 5) is 5.17. The van der Waals surface area contributed by atoms with Crippen LogP contribution >= 0.6 is 0 Å². The van der Waals surface area contributed by atoms with Crippen molar-refractivity contribution in [2.75, 3.05) is 0 Å². The maximum Gasteiger partial charge on any atom is 0.137 e. The van der Waals surface area contributed by atoms with Gasteiger partial charge in [0.25, 0.3) is 0 Å². The summed E-state index contributed by atoms with van der Waals surface area (Å²) in [7, 11) is 0. The van der Waals surface area contributed by atoms with E-state index in [1.54, 1.807) is 0 Å². The van der Waals surface area contributed by atoms with E-state index in [1.807, 2.05) is 12.3 Å². The van der Waals surface area contributed by atoms with Crippen molar-refractivity contribution in [1.29, 1.82) is 0 Å². The molecule has 0 atom stereocenters. The second kappa shape index (κ2) is 14.0. The molecule has 0 bridgehead atoms. The normalized spacial score (nSPS) is 12.9. The summed E-state index contributed by atoms with van der Waals surface area (Å²) in [5, 5.41) is 11.2. The molecule has 8 aromatic carbocycles. The first kappa shape index (κ1) is 34.0. The van der Waals surface area contributed by atoms with Crippen LogP contribution < -0.4 is 0 Å². The van der Waals surface area contributed by atoms with E-state index in [1.165, 1.54) is 81.9 Å². The number of pyridine rings is 1. The van der Waals surface area contributed by atoms with Crippen LogP contribution in [-0.2, 0) is 6.42 Å². The zero-order chi connectivity index (χ0) is 38.6. The molecule has 11 rings (SSSR count). The van der Waals surface area contributed by atoms with Gasteiger partial charge in [-0.15, -0.1) is 0 Å². The largest absolute Gasteiger partial charge is 0.294 e. The lowest BCUT2D eigenvalue weighted by Gasteiger charge is -2.19. The van der Waals surface area contributed by atoms with Crippen molar-refractivity contribution >= 4 is 60.1 Å². The molecule has 0 saturated carbocycles. The number of aromatic nitrogens is 2. The van der Waals surface area contributed by atoms with E-state index in [4.69, 9.17) is 4.98 Å². The Morgan fingerprint density at radius 2 is 1.12 bits per heavy atom. The molecular formula is C56H40N2. The zero-order valence-corrected chi connectivity index (χ0v) is 32.2. The molecule has 2 heteroatoms. The van der Waals surface area contributed by atoms with Gasteiger partial charge in [0.1, 0.15) is 5.82 Å². The molecule has 0 radical (unpaired) electrons. The van der Waals surface area contributed by atoms with Crippen LogP contribution in [0.25, 0.3) is 99.3 Å². The molecule has 0 N–H and O–H groups in total. The number of nitrogens with zero attached hydrogens (tertiary/aromatic N) is 2. The van der Waals surface area contributed by atoms with Gasteiger partial charge >= 0.3 is 0 Å². The minimum absolute atomic E-state index is 0.890. The van der Waals surface area contributed by atoms with Crippen LogP contribution in [0.5, 0.6) is 0 Å². The number of rotatable bonds is 7. The minimum Gasteiger partial charge on any atom is -0.294 e. The highest BCUT2D eigenvalue weighted by Crippen LogP contribution is 2.46. The maximum absolute atomic E-state index is 5.17. The van der Waals surface area contributed by atoms with Crippen molar-refractivity contribution in [3.63, 3.8) is 0 Å². The van der Waals surface area contributed by atoms with Crippen molar-refractivity contribution in [1.82, 2.24) is 9.55 Å². The van der Waals surface area contributed by atoms with Gasteiger partial charge in [-0.2, -0.15) is 0 Å². The van der Waals surface area contributed by atoms with Crippen molar-refractivity contribution in [3.8, 4) is 39.2 Å². The van der Waals surface area contributed by atoms with Crippen molar-refractivity contribution in [2.45, 2.75) is 19.3 Å². The van der Waals surface area contributed by atoms with Crippen LogP contribution in [0.2, 0.25) is 0 Å². The third-order valence-electron chi connectivity index (χ3n) is 12.1. The van der Waals surface area contributed by atoms with Crippen LogP contribution in [0.1, 0.15) is 24.1 Å². The molecule has 0 spiro atoms. The van der Waals surface area contributed by atoms with Gasteiger partial charge in [0, 0.05) is 17.1 Å². The fraction of sp³-hybridized carbons (Fsp3) is 0.0536. The fourth-order valence-electron chi connectivity index (χ4n) is 9.36. The first-order chi connectivity index (χ1) is 28.7. The second-order valence-corrected chi connectivity index (χ2v) is 15.5. The molecule has 1 aliphatic carbocycles. The topological polar surface area (TPSA) is 17.8 Å². The molecule has 1 aliphatic rings. The lowest BCUT2D eigenvalue weighted by atomic mass is 9.84. The van der Waals surface area contributed by atoms with E-state index in [0.29, 0.717) is 0 Å². The van der Waals surface area contributed by atoms with E-state index in [0.717, 1.165) is 47.4 Å². The van der Waals surface area contributed by atoms with E-state index >= 15 is 0 Å². The van der Waals surface area contributed by atoms with Crippen molar-refractivity contribution in [3.05, 3.63) is 212 Å². The number of fused-ring (bicyclic) bond motifs is 5. The Labute approximate surface area is 338 Å². The Balaban J connectivity index is 1.10. The molecule has 0 aliphatic heterocycles. The zero-order valence-electron chi connectivity index (χ0n) is 32.2. The van der Waals surface area contributed by atoms with Crippen molar-refractivity contribution < 1.29 is 0 Å². The highest BCUT2D eigenvalue weighted by molar-refractivity contribution is 6.22. The van der Waals surface area contributed by atoms with E-state index < -0.39 is 0 Å². The third-order valence-corrected chi connectivity index (χ3v) is 12.1. The third kappa shape index (κ3) is 5.68.